The van der Waals surface area contributed by atoms with Crippen LogP contribution in [0.4, 0.5) is 4.39 Å². The fourth-order valence-electron chi connectivity index (χ4n) is 0.747. The Kier molecular flexibility index (Phi) is 2.82. The lowest BCUT2D eigenvalue weighted by molar-refractivity contribution is 0.421. The van der Waals surface area contributed by atoms with Crippen molar-refractivity contribution < 1.29 is 14.4 Å². The van der Waals surface area contributed by atoms with Crippen molar-refractivity contribution in [3.63, 3.8) is 0 Å². The van der Waals surface area contributed by atoms with Crippen LogP contribution in [0, 0.1) is 12.9 Å². The van der Waals surface area contributed by atoms with Crippen LogP contribution in [0.3, 0.4) is 0 Å². The highest BCUT2D eigenvalue weighted by atomic mass is 79.9. The zero-order valence-corrected chi connectivity index (χ0v) is 7.84. The molecular formula is C6H6BBrFNO2. The third-order valence-electron chi connectivity index (χ3n) is 1.41. The average molecular weight is 234 g/mol. The highest BCUT2D eigenvalue weighted by Gasteiger charge is 2.18. The molecule has 2 N–H and O–H groups in total. The number of halogens is 2. The molecule has 0 saturated heterocycles. The van der Waals surface area contributed by atoms with E-state index in [0.717, 1.165) is 0 Å². The molecule has 0 atom stereocenters. The van der Waals surface area contributed by atoms with E-state index in [1.807, 2.05) is 0 Å². The first-order chi connectivity index (χ1) is 5.52. The van der Waals surface area contributed by atoms with Crippen molar-refractivity contribution in [2.75, 3.05) is 0 Å². The molecule has 1 aromatic rings. The minimum absolute atomic E-state index is 0.229. The van der Waals surface area contributed by atoms with Gasteiger partial charge in [-0.05, 0) is 28.9 Å². The van der Waals surface area contributed by atoms with E-state index < -0.39 is 13.1 Å². The Labute approximate surface area is 77.5 Å². The first kappa shape index (κ1) is 9.63. The molecule has 6 heteroatoms. The van der Waals surface area contributed by atoms with E-state index >= 15 is 0 Å². The standard InChI is InChI=1S/C6H6BBrFNO2/c1-3-5(8)2-4(7(11)12)6(9)10-3/h2,11-12H,1H3. The summed E-state index contributed by atoms with van der Waals surface area (Å²) in [5.74, 6) is -0.856. The molecule has 0 aliphatic heterocycles. The van der Waals surface area contributed by atoms with Crippen LogP contribution in [0.5, 0.6) is 0 Å². The zero-order valence-electron chi connectivity index (χ0n) is 6.25. The second kappa shape index (κ2) is 3.51. The van der Waals surface area contributed by atoms with Gasteiger partial charge >= 0.3 is 7.12 Å². The quantitative estimate of drug-likeness (QED) is 0.529. The van der Waals surface area contributed by atoms with Gasteiger partial charge < -0.3 is 10.0 Å². The lowest BCUT2D eigenvalue weighted by atomic mass is 9.81. The maximum absolute atomic E-state index is 12.8. The van der Waals surface area contributed by atoms with Gasteiger partial charge in [-0.1, -0.05) is 0 Å². The Bertz CT molecular complexity index is 308. The van der Waals surface area contributed by atoms with Crippen molar-refractivity contribution in [3.8, 4) is 0 Å². The molecule has 1 heterocycles. The van der Waals surface area contributed by atoms with E-state index in [4.69, 9.17) is 10.0 Å². The van der Waals surface area contributed by atoms with Crippen LogP contribution < -0.4 is 5.46 Å². The van der Waals surface area contributed by atoms with Crippen LogP contribution in [0.2, 0.25) is 0 Å². The normalized spacial score (nSPS) is 10.1. The molecule has 1 rings (SSSR count). The average Bonchev–Trinajstić information content (AvgIpc) is 1.96. The molecule has 0 aromatic carbocycles. The summed E-state index contributed by atoms with van der Waals surface area (Å²) in [4.78, 5) is 3.46. The number of rotatable bonds is 1. The summed E-state index contributed by atoms with van der Waals surface area (Å²) in [6.45, 7) is 1.61. The van der Waals surface area contributed by atoms with Gasteiger partial charge in [0.1, 0.15) is 0 Å². The predicted octanol–water partition coefficient (Wildman–Crippen LogP) is -0.0286. The number of aryl methyl sites for hydroxylation is 1. The Morgan fingerprint density at radius 3 is 2.67 bits per heavy atom. The molecule has 12 heavy (non-hydrogen) atoms. The fraction of sp³-hybridized carbons (Fsp3) is 0.167. The molecule has 1 aromatic heterocycles. The van der Waals surface area contributed by atoms with Crippen molar-refractivity contribution in [2.24, 2.45) is 0 Å². The largest absolute Gasteiger partial charge is 0.493 e. The minimum atomic E-state index is -1.82. The van der Waals surface area contributed by atoms with Crippen LogP contribution in [-0.2, 0) is 0 Å². The molecule has 0 fully saturated rings. The summed E-state index contributed by atoms with van der Waals surface area (Å²) in [5, 5.41) is 17.3. The monoisotopic (exact) mass is 233 g/mol. The van der Waals surface area contributed by atoms with Gasteiger partial charge in [-0.2, -0.15) is 4.39 Å². The number of pyridine rings is 1. The molecule has 0 spiro atoms. The first-order valence-corrected chi connectivity index (χ1v) is 4.00. The third-order valence-corrected chi connectivity index (χ3v) is 2.21. The Balaban J connectivity index is 3.23. The number of hydrogen-bond donors (Lipinski definition) is 2. The minimum Gasteiger partial charge on any atom is -0.423 e. The molecule has 0 aliphatic rings. The van der Waals surface area contributed by atoms with Gasteiger partial charge in [0.2, 0.25) is 5.95 Å². The van der Waals surface area contributed by atoms with Crippen molar-refractivity contribution >= 4 is 28.5 Å². The van der Waals surface area contributed by atoms with Gasteiger partial charge in [-0.25, -0.2) is 4.98 Å². The molecule has 0 saturated carbocycles. The van der Waals surface area contributed by atoms with E-state index in [1.165, 1.54) is 6.07 Å². The van der Waals surface area contributed by atoms with E-state index in [2.05, 4.69) is 20.9 Å². The van der Waals surface area contributed by atoms with Crippen molar-refractivity contribution in [2.45, 2.75) is 6.92 Å². The van der Waals surface area contributed by atoms with Crippen molar-refractivity contribution in [1.29, 1.82) is 0 Å². The second-order valence-electron chi connectivity index (χ2n) is 2.31. The highest BCUT2D eigenvalue weighted by molar-refractivity contribution is 9.10. The van der Waals surface area contributed by atoms with E-state index in [0.29, 0.717) is 10.2 Å². The maximum atomic E-state index is 12.8. The molecular weight excluding hydrogens is 228 g/mol. The highest BCUT2D eigenvalue weighted by Crippen LogP contribution is 2.11. The summed E-state index contributed by atoms with van der Waals surface area (Å²) in [6, 6.07) is 1.29. The van der Waals surface area contributed by atoms with Crippen molar-refractivity contribution in [1.82, 2.24) is 4.98 Å². The van der Waals surface area contributed by atoms with Crippen LogP contribution >= 0.6 is 15.9 Å². The lowest BCUT2D eigenvalue weighted by Crippen LogP contribution is -2.33. The smallest absolute Gasteiger partial charge is 0.423 e. The topological polar surface area (TPSA) is 53.4 Å². The molecule has 0 unspecified atom stereocenters. The van der Waals surface area contributed by atoms with Gasteiger partial charge in [0.25, 0.3) is 0 Å². The van der Waals surface area contributed by atoms with E-state index in [1.54, 1.807) is 6.92 Å². The summed E-state index contributed by atoms with van der Waals surface area (Å²) in [7, 11) is -1.82. The number of hydrogen-bond acceptors (Lipinski definition) is 3. The molecule has 3 nitrogen and oxygen atoms in total. The van der Waals surface area contributed by atoms with Crippen LogP contribution in [-0.4, -0.2) is 22.2 Å². The Morgan fingerprint density at radius 2 is 2.17 bits per heavy atom. The van der Waals surface area contributed by atoms with Crippen LogP contribution in [0.1, 0.15) is 5.69 Å². The van der Waals surface area contributed by atoms with Crippen LogP contribution in [0.15, 0.2) is 10.5 Å². The summed E-state index contributed by atoms with van der Waals surface area (Å²) in [6.07, 6.45) is 0. The third kappa shape index (κ3) is 1.82. The number of nitrogens with zero attached hydrogens (tertiary/aromatic N) is 1. The first-order valence-electron chi connectivity index (χ1n) is 3.21. The SMILES string of the molecule is Cc1nc(F)c(B(O)O)cc1Br. The van der Waals surface area contributed by atoms with Gasteiger partial charge in [-0.15, -0.1) is 0 Å². The Morgan fingerprint density at radius 1 is 1.58 bits per heavy atom. The molecule has 0 amide bonds. The van der Waals surface area contributed by atoms with E-state index in [9.17, 15) is 4.39 Å². The molecule has 64 valence electrons. The summed E-state index contributed by atoms with van der Waals surface area (Å²) in [5.41, 5.74) is 0.240. The number of aromatic nitrogens is 1. The molecule has 0 radical (unpaired) electrons. The zero-order chi connectivity index (χ0) is 9.30. The van der Waals surface area contributed by atoms with Gasteiger partial charge in [0.05, 0.1) is 5.69 Å². The molecule has 0 aliphatic carbocycles. The Hall–Kier alpha value is -0.455. The predicted molar refractivity (Wildman–Crippen MR) is 46.5 cm³/mol. The summed E-state index contributed by atoms with van der Waals surface area (Å²) < 4.78 is 13.4. The second-order valence-corrected chi connectivity index (χ2v) is 3.16. The maximum Gasteiger partial charge on any atom is 0.493 e. The lowest BCUT2D eigenvalue weighted by Gasteiger charge is -2.03. The van der Waals surface area contributed by atoms with Gasteiger partial charge in [0, 0.05) is 9.94 Å². The van der Waals surface area contributed by atoms with Gasteiger partial charge in [0.15, 0.2) is 0 Å². The molecule has 0 bridgehead atoms. The van der Waals surface area contributed by atoms with Gasteiger partial charge in [-0.3, -0.25) is 0 Å². The van der Waals surface area contributed by atoms with E-state index in [-0.39, 0.29) is 5.46 Å². The summed E-state index contributed by atoms with van der Waals surface area (Å²) >= 11 is 3.10. The van der Waals surface area contributed by atoms with Crippen LogP contribution in [0.25, 0.3) is 0 Å². The fourth-order valence-corrected chi connectivity index (χ4v) is 1.08. The van der Waals surface area contributed by atoms with Crippen molar-refractivity contribution in [3.05, 3.63) is 22.2 Å².